The van der Waals surface area contributed by atoms with Crippen LogP contribution in [0.3, 0.4) is 0 Å². The minimum atomic E-state index is 0.712. The highest BCUT2D eigenvalue weighted by Crippen LogP contribution is 2.51. The molecular weight excluding hydrogens is 1280 g/mol. The third-order valence-corrected chi connectivity index (χ3v) is 23.0. The highest BCUT2D eigenvalue weighted by molar-refractivity contribution is 7.27. The van der Waals surface area contributed by atoms with Gasteiger partial charge in [-0.25, -0.2) is 19.9 Å². The van der Waals surface area contributed by atoms with Gasteiger partial charge in [-0.1, -0.05) is 249 Å². The molecule has 0 fully saturated rings. The number of rotatable bonds is 7. The van der Waals surface area contributed by atoms with Crippen molar-refractivity contribution in [3.05, 3.63) is 340 Å². The van der Waals surface area contributed by atoms with Crippen molar-refractivity contribution in [1.29, 1.82) is 0 Å². The Balaban J connectivity index is 0.000000133. The van der Waals surface area contributed by atoms with Gasteiger partial charge in [-0.15, -0.1) is 22.7 Å². The van der Waals surface area contributed by atoms with Gasteiger partial charge in [0.1, 0.15) is 0 Å². The van der Waals surface area contributed by atoms with Gasteiger partial charge in [-0.2, -0.15) is 0 Å². The first-order chi connectivity index (χ1) is 50.6. The van der Waals surface area contributed by atoms with Gasteiger partial charge in [0.2, 0.25) is 0 Å². The molecule has 0 radical (unpaired) electrons. The van der Waals surface area contributed by atoms with Crippen LogP contribution in [-0.4, -0.2) is 29.1 Å². The van der Waals surface area contributed by atoms with Crippen LogP contribution in [0.25, 0.3) is 206 Å². The summed E-state index contributed by atoms with van der Waals surface area (Å²) in [4.78, 5) is 20.7. The summed E-state index contributed by atoms with van der Waals surface area (Å²) in [7, 11) is 0. The van der Waals surface area contributed by atoms with Gasteiger partial charge < -0.3 is 9.13 Å². The summed E-state index contributed by atoms with van der Waals surface area (Å²) in [5, 5.41) is 20.1. The lowest BCUT2D eigenvalue weighted by atomic mass is 9.99. The molecule has 6 nitrogen and oxygen atoms in total. The summed E-state index contributed by atoms with van der Waals surface area (Å²) in [5.74, 6) is 1.43. The van der Waals surface area contributed by atoms with Crippen molar-refractivity contribution in [2.75, 3.05) is 0 Å². The molecule has 0 spiro atoms. The summed E-state index contributed by atoms with van der Waals surface area (Å²) in [6.45, 7) is 0. The van der Waals surface area contributed by atoms with Gasteiger partial charge in [0.25, 0.3) is 0 Å². The molecule has 0 saturated carbocycles. The SMILES string of the molecule is c1ccc(-c2cccc(-c3nc(-c4ccc(-n5c6ccccc6c6c7c8ccccc8sc7c7ccccc7c65)cc4)nc4ccccc34)c2)cc1.c1ccc2c(-c3nc(-c4ccc(-n5c6ccccc6c6c7c8ccccc8sc7c7ccccc7c65)cc4)nc4ccccc34)cccc2c1. The van der Waals surface area contributed by atoms with E-state index >= 15 is 0 Å². The van der Waals surface area contributed by atoms with Crippen molar-refractivity contribution in [3.63, 3.8) is 0 Å². The van der Waals surface area contributed by atoms with E-state index in [0.29, 0.717) is 5.82 Å². The smallest absolute Gasteiger partial charge is 0.160 e. The molecule has 0 unspecified atom stereocenters. The zero-order valence-corrected chi connectivity index (χ0v) is 56.5. The molecule has 16 aromatic carbocycles. The molecule has 474 valence electrons. The van der Waals surface area contributed by atoms with E-state index < -0.39 is 0 Å². The Kier molecular flexibility index (Phi) is 13.3. The number of fused-ring (bicyclic) bond motifs is 23. The van der Waals surface area contributed by atoms with E-state index in [-0.39, 0.29) is 0 Å². The molecule has 6 heterocycles. The van der Waals surface area contributed by atoms with Crippen LogP contribution < -0.4 is 0 Å². The molecule has 0 aliphatic heterocycles. The molecule has 22 rings (SSSR count). The van der Waals surface area contributed by atoms with Gasteiger partial charge in [0.15, 0.2) is 11.6 Å². The molecule has 0 amide bonds. The average molecular weight is 1330 g/mol. The zero-order valence-electron chi connectivity index (χ0n) is 54.8. The maximum Gasteiger partial charge on any atom is 0.160 e. The van der Waals surface area contributed by atoms with Crippen LogP contribution in [-0.2, 0) is 0 Å². The third-order valence-electron chi connectivity index (χ3n) is 20.6. The van der Waals surface area contributed by atoms with E-state index in [1.54, 1.807) is 0 Å². The van der Waals surface area contributed by atoms with E-state index in [2.05, 4.69) is 343 Å². The van der Waals surface area contributed by atoms with E-state index in [9.17, 15) is 0 Å². The zero-order chi connectivity index (χ0) is 66.9. The van der Waals surface area contributed by atoms with Crippen molar-refractivity contribution >= 4 is 161 Å². The van der Waals surface area contributed by atoms with E-state index in [4.69, 9.17) is 19.9 Å². The first kappa shape index (κ1) is 58.0. The fourth-order valence-electron chi connectivity index (χ4n) is 16.0. The summed E-state index contributed by atoms with van der Waals surface area (Å²) < 4.78 is 10.2. The van der Waals surface area contributed by atoms with Gasteiger partial charge >= 0.3 is 0 Å². The molecule has 8 heteroatoms. The highest BCUT2D eigenvalue weighted by Gasteiger charge is 2.25. The average Bonchev–Trinajstić information content (AvgIpc) is 1.54. The second-order valence-electron chi connectivity index (χ2n) is 26.2. The fourth-order valence-corrected chi connectivity index (χ4v) is 18.5. The van der Waals surface area contributed by atoms with Crippen LogP contribution in [0.2, 0.25) is 0 Å². The number of benzene rings is 16. The lowest BCUT2D eigenvalue weighted by Crippen LogP contribution is -1.97. The number of hydrogen-bond donors (Lipinski definition) is 0. The summed E-state index contributed by atoms with van der Waals surface area (Å²) >= 11 is 3.79. The molecule has 0 aliphatic rings. The van der Waals surface area contributed by atoms with Crippen LogP contribution in [0.15, 0.2) is 340 Å². The molecule has 0 atom stereocenters. The summed E-state index contributed by atoms with van der Waals surface area (Å²) in [5.41, 5.74) is 17.3. The molecule has 0 aliphatic carbocycles. The number of hydrogen-bond acceptors (Lipinski definition) is 6. The largest absolute Gasteiger partial charge is 0.309 e. The normalized spacial score (nSPS) is 11.9. The predicted octanol–water partition coefficient (Wildman–Crippen LogP) is 26.0. The Bertz CT molecular complexity index is 7180. The van der Waals surface area contributed by atoms with Crippen molar-refractivity contribution in [1.82, 2.24) is 29.1 Å². The predicted molar refractivity (Wildman–Crippen MR) is 433 cm³/mol. The number of para-hydroxylation sites is 4. The number of nitrogens with zero attached hydrogens (tertiary/aromatic N) is 6. The second-order valence-corrected chi connectivity index (χ2v) is 28.3. The standard InChI is InChI=1S/C48H29N3S.C46H27N3S/c1-2-13-30(14-3-1)32-15-12-16-33(29-32)45-37-19-6-9-22-40(37)49-48(50-45)31-25-27-34(28-26-31)51-41-23-10-7-20-38(41)43-44-39-21-8-11-24-42(39)52-47(44)36-18-5-4-17-35(36)46(43)51;1-2-14-31-28(12-1)13-11-20-32(31)43-35-17-5-8-21-38(35)47-46(48-43)29-24-26-30(27-25-29)49-39-22-9-6-18-36(39)41-42-37-19-7-10-23-40(37)50-45(42)34-16-4-3-15-33(34)44(41)49/h1-29H;1-27H. The fraction of sp³-hybridized carbons (Fsp3) is 0. The van der Waals surface area contributed by atoms with Gasteiger partial charge in [0, 0.05) is 128 Å². The van der Waals surface area contributed by atoms with Crippen LogP contribution in [0.1, 0.15) is 0 Å². The Morgan fingerprint density at radius 1 is 0.235 bits per heavy atom. The van der Waals surface area contributed by atoms with E-state index in [0.717, 1.165) is 78.2 Å². The third kappa shape index (κ3) is 9.10. The minimum Gasteiger partial charge on any atom is -0.309 e. The topological polar surface area (TPSA) is 61.4 Å². The molecule has 0 N–H and O–H groups in total. The van der Waals surface area contributed by atoms with Crippen molar-refractivity contribution < 1.29 is 0 Å². The Labute approximate surface area is 593 Å². The lowest BCUT2D eigenvalue weighted by Gasteiger charge is -2.13. The highest BCUT2D eigenvalue weighted by atomic mass is 32.1. The first-order valence-electron chi connectivity index (χ1n) is 34.5. The maximum absolute atomic E-state index is 5.27. The molecular formula is C94H56N6S2. The molecule has 6 aromatic heterocycles. The summed E-state index contributed by atoms with van der Waals surface area (Å²) in [6.07, 6.45) is 0. The van der Waals surface area contributed by atoms with E-state index in [1.165, 1.54) is 122 Å². The Morgan fingerprint density at radius 2 is 0.627 bits per heavy atom. The van der Waals surface area contributed by atoms with Gasteiger partial charge in [-0.3, -0.25) is 0 Å². The van der Waals surface area contributed by atoms with Crippen molar-refractivity contribution in [3.8, 4) is 67.8 Å². The second kappa shape index (κ2) is 23.3. The first-order valence-corrected chi connectivity index (χ1v) is 36.1. The summed E-state index contributed by atoms with van der Waals surface area (Å²) in [6, 6.07) is 121. The quantitative estimate of drug-likeness (QED) is 0.160. The molecule has 0 saturated heterocycles. The Morgan fingerprint density at radius 3 is 1.18 bits per heavy atom. The van der Waals surface area contributed by atoms with Crippen molar-refractivity contribution in [2.45, 2.75) is 0 Å². The number of aromatic nitrogens is 6. The molecule has 102 heavy (non-hydrogen) atoms. The number of thiophene rings is 2. The van der Waals surface area contributed by atoms with E-state index in [1.807, 2.05) is 28.7 Å². The van der Waals surface area contributed by atoms with Crippen LogP contribution in [0.4, 0.5) is 0 Å². The van der Waals surface area contributed by atoms with Gasteiger partial charge in [0.05, 0.1) is 44.5 Å². The van der Waals surface area contributed by atoms with Crippen LogP contribution in [0.5, 0.6) is 0 Å². The van der Waals surface area contributed by atoms with Crippen LogP contribution in [0, 0.1) is 0 Å². The Hall–Kier alpha value is -13.0. The monoisotopic (exact) mass is 1330 g/mol. The van der Waals surface area contributed by atoms with Crippen LogP contribution >= 0.6 is 22.7 Å². The molecule has 0 bridgehead atoms. The maximum atomic E-state index is 5.27. The lowest BCUT2D eigenvalue weighted by molar-refractivity contribution is 1.18. The van der Waals surface area contributed by atoms with Crippen molar-refractivity contribution in [2.24, 2.45) is 0 Å². The van der Waals surface area contributed by atoms with Gasteiger partial charge in [-0.05, 0) is 113 Å². The minimum absolute atomic E-state index is 0.712. The molecule has 22 aromatic rings.